The molecule has 1 aromatic carbocycles. The number of nitrogens with one attached hydrogen (secondary N) is 1. The van der Waals surface area contributed by atoms with E-state index in [4.69, 9.17) is 36.1 Å². The lowest BCUT2D eigenvalue weighted by atomic mass is 9.86. The van der Waals surface area contributed by atoms with Crippen LogP contribution >= 0.6 is 11.6 Å². The second-order valence-electron chi connectivity index (χ2n) is 6.20. The Morgan fingerprint density at radius 2 is 1.88 bits per heavy atom. The quantitative estimate of drug-likeness (QED) is 0.386. The summed E-state index contributed by atoms with van der Waals surface area (Å²) in [6, 6.07) is 5.83. The molecule has 0 radical (unpaired) electrons. The van der Waals surface area contributed by atoms with E-state index in [0.29, 0.717) is 6.61 Å². The van der Waals surface area contributed by atoms with E-state index in [9.17, 15) is 0 Å². The Kier molecular flexibility index (Phi) is 10.6. The Hall–Kier alpha value is -2.05. The molecule has 3 N–H and O–H groups in total. The van der Waals surface area contributed by atoms with Crippen LogP contribution in [0.1, 0.15) is 32.8 Å². The van der Waals surface area contributed by atoms with Crippen molar-refractivity contribution in [1.82, 2.24) is 5.32 Å². The van der Waals surface area contributed by atoms with Gasteiger partial charge in [0.1, 0.15) is 5.75 Å². The van der Waals surface area contributed by atoms with Crippen molar-refractivity contribution in [2.24, 2.45) is 0 Å². The van der Waals surface area contributed by atoms with Crippen molar-refractivity contribution in [3.8, 4) is 5.75 Å². The number of ether oxygens (including phenoxy) is 1. The largest absolute Gasteiger partial charge is 0.493 e. The van der Waals surface area contributed by atoms with Crippen LogP contribution < -0.4 is 10.1 Å². The molecule has 0 aliphatic carbocycles. The van der Waals surface area contributed by atoms with Crippen LogP contribution in [0.5, 0.6) is 5.75 Å². The topological polar surface area (TPSA) is 95.9 Å². The summed E-state index contributed by atoms with van der Waals surface area (Å²) in [6.45, 7) is 12.6. The van der Waals surface area contributed by atoms with Gasteiger partial charge >= 0.3 is 11.9 Å². The maximum absolute atomic E-state index is 9.10. The molecule has 1 rings (SSSR count). The normalized spacial score (nSPS) is 10.4. The fraction of sp³-hybridized carbons (Fsp3) is 0.444. The fourth-order valence-electron chi connectivity index (χ4n) is 1.80. The molecule has 0 aliphatic heterocycles. The molecule has 0 saturated heterocycles. The Balaban J connectivity index is 0.000000823. The smallest absolute Gasteiger partial charge is 0.414 e. The number of benzene rings is 1. The molecular weight excluding hydrogens is 346 g/mol. The van der Waals surface area contributed by atoms with Gasteiger partial charge in [-0.25, -0.2) is 9.59 Å². The molecule has 0 fully saturated rings. The standard InChI is InChI=1S/C16H24ClNO.C2H2O4/c1-5-9-18-10-6-11-19-15-8-7-13(17)12-14(15)16(2,3)4;3-1(4)2(5)6/h5,7-8,12,18H,1,6,9-11H2,2-4H3;(H,3,4)(H,5,6). The highest BCUT2D eigenvalue weighted by atomic mass is 35.5. The van der Waals surface area contributed by atoms with Crippen LogP contribution in [0.25, 0.3) is 0 Å². The number of carbonyl (C=O) groups is 2. The number of carboxylic acid groups (broad SMARTS) is 2. The van der Waals surface area contributed by atoms with E-state index in [-0.39, 0.29) is 5.41 Å². The van der Waals surface area contributed by atoms with Crippen LogP contribution in [0.4, 0.5) is 0 Å². The van der Waals surface area contributed by atoms with Crippen molar-refractivity contribution < 1.29 is 24.5 Å². The van der Waals surface area contributed by atoms with E-state index in [1.165, 1.54) is 0 Å². The molecule has 6 nitrogen and oxygen atoms in total. The van der Waals surface area contributed by atoms with Gasteiger partial charge < -0.3 is 20.3 Å². The van der Waals surface area contributed by atoms with E-state index in [1.807, 2.05) is 24.3 Å². The van der Waals surface area contributed by atoms with Gasteiger partial charge in [0.25, 0.3) is 0 Å². The summed E-state index contributed by atoms with van der Waals surface area (Å²) in [4.78, 5) is 18.2. The van der Waals surface area contributed by atoms with Gasteiger partial charge in [-0.15, -0.1) is 6.58 Å². The molecule has 0 aromatic heterocycles. The Bertz CT molecular complexity index is 569. The average molecular weight is 372 g/mol. The van der Waals surface area contributed by atoms with Gasteiger partial charge in [0.15, 0.2) is 0 Å². The minimum absolute atomic E-state index is 0.0291. The number of aliphatic carboxylic acids is 2. The zero-order chi connectivity index (χ0) is 19.5. The molecule has 0 saturated carbocycles. The molecule has 7 heteroatoms. The lowest BCUT2D eigenvalue weighted by molar-refractivity contribution is -0.159. The van der Waals surface area contributed by atoms with Crippen LogP contribution in [0.3, 0.4) is 0 Å². The highest BCUT2D eigenvalue weighted by molar-refractivity contribution is 6.30. The molecule has 140 valence electrons. The van der Waals surface area contributed by atoms with E-state index in [1.54, 1.807) is 0 Å². The van der Waals surface area contributed by atoms with Gasteiger partial charge in [0, 0.05) is 17.1 Å². The SMILES string of the molecule is C=CCNCCCOc1ccc(Cl)cc1C(C)(C)C.O=C(O)C(=O)O. The second-order valence-corrected chi connectivity index (χ2v) is 6.63. The summed E-state index contributed by atoms with van der Waals surface area (Å²) < 4.78 is 5.87. The van der Waals surface area contributed by atoms with Crippen molar-refractivity contribution >= 4 is 23.5 Å². The van der Waals surface area contributed by atoms with Crippen LogP contribution in [0.2, 0.25) is 5.02 Å². The van der Waals surface area contributed by atoms with E-state index in [0.717, 1.165) is 35.8 Å². The first kappa shape index (κ1) is 22.9. The number of halogens is 1. The minimum atomic E-state index is -1.82. The van der Waals surface area contributed by atoms with Crippen LogP contribution in [0, 0.1) is 0 Å². The number of hydrogen-bond acceptors (Lipinski definition) is 4. The molecular formula is C18H26ClNO5. The third-order valence-electron chi connectivity index (χ3n) is 2.98. The monoisotopic (exact) mass is 371 g/mol. The van der Waals surface area contributed by atoms with Gasteiger partial charge in [0.05, 0.1) is 6.61 Å². The lowest BCUT2D eigenvalue weighted by Crippen LogP contribution is -2.18. The highest BCUT2D eigenvalue weighted by Gasteiger charge is 2.19. The average Bonchev–Trinajstić information content (AvgIpc) is 2.51. The van der Waals surface area contributed by atoms with Crippen molar-refractivity contribution in [1.29, 1.82) is 0 Å². The van der Waals surface area contributed by atoms with Gasteiger partial charge in [0.2, 0.25) is 0 Å². The first-order valence-corrected chi connectivity index (χ1v) is 8.18. The van der Waals surface area contributed by atoms with Gasteiger partial charge in [-0.1, -0.05) is 38.4 Å². The third-order valence-corrected chi connectivity index (χ3v) is 3.21. The third kappa shape index (κ3) is 10.4. The first-order chi connectivity index (χ1) is 11.6. The van der Waals surface area contributed by atoms with E-state index < -0.39 is 11.9 Å². The zero-order valence-electron chi connectivity index (χ0n) is 14.8. The summed E-state index contributed by atoms with van der Waals surface area (Å²) >= 11 is 6.07. The molecule has 1 aromatic rings. The summed E-state index contributed by atoms with van der Waals surface area (Å²) in [5.74, 6) is -2.72. The van der Waals surface area contributed by atoms with Crippen molar-refractivity contribution in [3.05, 3.63) is 41.4 Å². The number of rotatable bonds is 7. The minimum Gasteiger partial charge on any atom is -0.493 e. The molecule has 0 aliphatic rings. The number of carboxylic acids is 2. The summed E-state index contributed by atoms with van der Waals surface area (Å²) in [5.41, 5.74) is 1.18. The van der Waals surface area contributed by atoms with Crippen molar-refractivity contribution in [2.45, 2.75) is 32.6 Å². The van der Waals surface area contributed by atoms with Gasteiger partial charge in [-0.05, 0) is 36.6 Å². The summed E-state index contributed by atoms with van der Waals surface area (Å²) in [5, 5.41) is 18.8. The van der Waals surface area contributed by atoms with Gasteiger partial charge in [-0.3, -0.25) is 0 Å². The highest BCUT2D eigenvalue weighted by Crippen LogP contribution is 2.33. The molecule has 0 bridgehead atoms. The van der Waals surface area contributed by atoms with Crippen LogP contribution in [-0.4, -0.2) is 41.8 Å². The van der Waals surface area contributed by atoms with E-state index in [2.05, 4.69) is 32.7 Å². The Morgan fingerprint density at radius 1 is 1.28 bits per heavy atom. The molecule has 0 unspecified atom stereocenters. The van der Waals surface area contributed by atoms with E-state index >= 15 is 0 Å². The molecule has 0 atom stereocenters. The maximum atomic E-state index is 9.10. The molecule has 25 heavy (non-hydrogen) atoms. The fourth-order valence-corrected chi connectivity index (χ4v) is 1.97. The molecule has 0 spiro atoms. The predicted octanol–water partition coefficient (Wildman–Crippen LogP) is 3.34. The summed E-state index contributed by atoms with van der Waals surface area (Å²) in [6.07, 6.45) is 2.83. The second kappa shape index (κ2) is 11.5. The van der Waals surface area contributed by atoms with Gasteiger partial charge in [-0.2, -0.15) is 0 Å². The predicted molar refractivity (Wildman–Crippen MR) is 98.6 cm³/mol. The summed E-state index contributed by atoms with van der Waals surface area (Å²) in [7, 11) is 0. The Morgan fingerprint density at radius 3 is 2.36 bits per heavy atom. The Labute approximate surface area is 153 Å². The zero-order valence-corrected chi connectivity index (χ0v) is 15.6. The molecule has 0 amide bonds. The lowest BCUT2D eigenvalue weighted by Gasteiger charge is -2.23. The molecule has 0 heterocycles. The van der Waals surface area contributed by atoms with Crippen molar-refractivity contribution in [2.75, 3.05) is 19.7 Å². The first-order valence-electron chi connectivity index (χ1n) is 7.80. The number of hydrogen-bond donors (Lipinski definition) is 3. The van der Waals surface area contributed by atoms with Crippen LogP contribution in [-0.2, 0) is 15.0 Å². The maximum Gasteiger partial charge on any atom is 0.414 e. The van der Waals surface area contributed by atoms with Crippen LogP contribution in [0.15, 0.2) is 30.9 Å². The van der Waals surface area contributed by atoms with Crippen molar-refractivity contribution in [3.63, 3.8) is 0 Å².